The Labute approximate surface area is 167 Å². The van der Waals surface area contributed by atoms with Crippen molar-refractivity contribution in [2.24, 2.45) is 0 Å². The summed E-state index contributed by atoms with van der Waals surface area (Å²) in [4.78, 5) is 5.58. The van der Waals surface area contributed by atoms with Crippen LogP contribution in [0.25, 0.3) is 0 Å². The van der Waals surface area contributed by atoms with Crippen molar-refractivity contribution in [1.82, 2.24) is 0 Å². The van der Waals surface area contributed by atoms with Gasteiger partial charge in [-0.05, 0) is 48.9 Å². The Kier molecular flexibility index (Phi) is 13.5. The fourth-order valence-electron chi connectivity index (χ4n) is 1.66. The zero-order valence-electron chi connectivity index (χ0n) is 14.7. The number of hydrogen-bond acceptors (Lipinski definition) is 6. The van der Waals surface area contributed by atoms with Crippen molar-refractivity contribution < 1.29 is 0 Å². The molecule has 2 aromatic rings. The second kappa shape index (κ2) is 14.5. The van der Waals surface area contributed by atoms with Crippen molar-refractivity contribution in [3.05, 3.63) is 48.5 Å². The minimum atomic E-state index is 0.935. The van der Waals surface area contributed by atoms with Gasteiger partial charge in [0.15, 0.2) is 6.19 Å². The lowest BCUT2D eigenvalue weighted by atomic mass is 10.3. The van der Waals surface area contributed by atoms with E-state index in [-0.39, 0.29) is 0 Å². The number of benzene rings is 2. The average molecular weight is 437 g/mol. The maximum Gasteiger partial charge on any atom is 0.183 e. The maximum atomic E-state index is 8.62. The Bertz CT molecular complexity index is 691. The predicted molar refractivity (Wildman–Crippen MR) is 115 cm³/mol. The molecule has 0 aliphatic rings. The molecule has 0 unspecified atom stereocenters. The summed E-state index contributed by atoms with van der Waals surface area (Å²) in [6.45, 7) is 0. The molecule has 0 aliphatic carbocycles. The fraction of sp³-hybridized carbons (Fsp3) is 0.222. The van der Waals surface area contributed by atoms with Crippen LogP contribution in [-0.2, 0) is 0 Å². The van der Waals surface area contributed by atoms with Gasteiger partial charge in [-0.2, -0.15) is 10.5 Å². The number of rotatable bonds is 4. The molecule has 4 nitrogen and oxygen atoms in total. The lowest BCUT2D eigenvalue weighted by Crippen LogP contribution is -2.07. The standard InChI is InChI=1S/C9H10N2S.C8H11NS.CBrN/c1-11(7-10)8-4-3-5-9(6-8)12-2;1-9-7-4-3-5-8(6-7)10-2;2-1-3/h3-6H,1-2H3;3-6,9H,1-2H3;. The Morgan fingerprint density at radius 3 is 2.00 bits per heavy atom. The molecule has 25 heavy (non-hydrogen) atoms. The fourth-order valence-corrected chi connectivity index (χ4v) is 2.57. The molecule has 0 atom stereocenters. The van der Waals surface area contributed by atoms with Crippen molar-refractivity contribution in [2.75, 3.05) is 36.8 Å². The lowest BCUT2D eigenvalue weighted by molar-refractivity contribution is 1.19. The highest BCUT2D eigenvalue weighted by molar-refractivity contribution is 9.12. The molecule has 0 bridgehead atoms. The van der Waals surface area contributed by atoms with Crippen molar-refractivity contribution in [1.29, 1.82) is 10.5 Å². The quantitative estimate of drug-likeness (QED) is 0.380. The number of halogens is 1. The van der Waals surface area contributed by atoms with Crippen molar-refractivity contribution >= 4 is 50.8 Å². The van der Waals surface area contributed by atoms with E-state index >= 15 is 0 Å². The SMILES string of the molecule is CNc1cccc(SC)c1.CSc1cccc(N(C)C#N)c1.N#CBr. The van der Waals surface area contributed by atoms with Gasteiger partial charge in [0.2, 0.25) is 0 Å². The van der Waals surface area contributed by atoms with Crippen LogP contribution in [0.15, 0.2) is 58.3 Å². The van der Waals surface area contributed by atoms with Crippen LogP contribution in [0, 0.1) is 21.7 Å². The van der Waals surface area contributed by atoms with Crippen molar-refractivity contribution in [3.63, 3.8) is 0 Å². The second-order valence-corrected chi connectivity index (χ2v) is 6.54. The van der Waals surface area contributed by atoms with Crippen LogP contribution in [0.1, 0.15) is 0 Å². The van der Waals surface area contributed by atoms with E-state index in [0.29, 0.717) is 0 Å². The molecule has 0 aromatic heterocycles. The van der Waals surface area contributed by atoms with E-state index in [1.807, 2.05) is 37.6 Å². The van der Waals surface area contributed by atoms with E-state index < -0.39 is 0 Å². The Balaban J connectivity index is 0.000000403. The number of thioether (sulfide) groups is 2. The molecular formula is C18H21BrN4S2. The van der Waals surface area contributed by atoms with Gasteiger partial charge < -0.3 is 5.32 Å². The molecule has 0 fully saturated rings. The molecule has 132 valence electrons. The third-order valence-corrected chi connectivity index (χ3v) is 4.40. The van der Waals surface area contributed by atoms with Gasteiger partial charge in [0.1, 0.15) is 4.98 Å². The third-order valence-electron chi connectivity index (χ3n) is 2.95. The highest BCUT2D eigenvalue weighted by atomic mass is 79.9. The summed E-state index contributed by atoms with van der Waals surface area (Å²) < 4.78 is 0. The zero-order valence-corrected chi connectivity index (χ0v) is 17.9. The molecular weight excluding hydrogens is 416 g/mol. The minimum absolute atomic E-state index is 0.935. The summed E-state index contributed by atoms with van der Waals surface area (Å²) in [7, 11) is 3.68. The molecule has 0 saturated carbocycles. The molecule has 1 N–H and O–H groups in total. The summed E-state index contributed by atoms with van der Waals surface area (Å²) >= 11 is 5.88. The topological polar surface area (TPSA) is 62.9 Å². The first kappa shape index (κ1) is 23.2. The highest BCUT2D eigenvalue weighted by Gasteiger charge is 1.98. The van der Waals surface area contributed by atoms with Crippen LogP contribution >= 0.6 is 39.5 Å². The van der Waals surface area contributed by atoms with Gasteiger partial charge in [-0.15, -0.1) is 23.5 Å². The van der Waals surface area contributed by atoms with E-state index in [1.54, 1.807) is 40.4 Å². The lowest BCUT2D eigenvalue weighted by Gasteiger charge is -2.08. The first-order valence-electron chi connectivity index (χ1n) is 7.15. The molecule has 2 aromatic carbocycles. The number of nitriles is 2. The Morgan fingerprint density at radius 1 is 1.00 bits per heavy atom. The van der Waals surface area contributed by atoms with Crippen molar-refractivity contribution in [3.8, 4) is 11.2 Å². The summed E-state index contributed by atoms with van der Waals surface area (Å²) in [5.74, 6) is 0. The first-order valence-corrected chi connectivity index (χ1v) is 10.4. The van der Waals surface area contributed by atoms with Gasteiger partial charge >= 0.3 is 0 Å². The van der Waals surface area contributed by atoms with Gasteiger partial charge in [-0.1, -0.05) is 12.1 Å². The Morgan fingerprint density at radius 2 is 1.52 bits per heavy atom. The molecule has 0 saturated heterocycles. The van der Waals surface area contributed by atoms with E-state index in [1.165, 1.54) is 15.5 Å². The molecule has 0 spiro atoms. The predicted octanol–water partition coefficient (Wildman–Crippen LogP) is 5.64. The summed E-state index contributed by atoms with van der Waals surface area (Å²) in [6.07, 6.45) is 6.15. The molecule has 0 amide bonds. The summed E-state index contributed by atoms with van der Waals surface area (Å²) in [5, 5.41) is 18.9. The smallest absolute Gasteiger partial charge is 0.183 e. The molecule has 7 heteroatoms. The Hall–Kier alpha value is -1.80. The van der Waals surface area contributed by atoms with Crippen LogP contribution in [0.3, 0.4) is 0 Å². The van der Waals surface area contributed by atoms with Crippen LogP contribution in [0.5, 0.6) is 0 Å². The van der Waals surface area contributed by atoms with Crippen LogP contribution in [-0.4, -0.2) is 26.6 Å². The van der Waals surface area contributed by atoms with E-state index in [2.05, 4.69) is 58.0 Å². The van der Waals surface area contributed by atoms with Gasteiger partial charge in [0.25, 0.3) is 0 Å². The van der Waals surface area contributed by atoms with Crippen LogP contribution in [0.2, 0.25) is 0 Å². The van der Waals surface area contributed by atoms with Gasteiger partial charge in [0, 0.05) is 45.5 Å². The van der Waals surface area contributed by atoms with Gasteiger partial charge in [-0.3, -0.25) is 4.90 Å². The number of anilines is 2. The van der Waals surface area contributed by atoms with E-state index in [4.69, 9.17) is 10.5 Å². The van der Waals surface area contributed by atoms with Gasteiger partial charge in [0.05, 0.1) is 5.69 Å². The first-order chi connectivity index (χ1) is 12.1. The number of nitrogens with one attached hydrogen (secondary N) is 1. The second-order valence-electron chi connectivity index (χ2n) is 4.43. The molecule has 0 aliphatic heterocycles. The molecule has 0 radical (unpaired) electrons. The summed E-state index contributed by atoms with van der Waals surface area (Å²) in [5.41, 5.74) is 2.11. The molecule has 2 rings (SSSR count). The zero-order chi connectivity index (χ0) is 19.1. The normalized spacial score (nSPS) is 8.44. The summed E-state index contributed by atoms with van der Waals surface area (Å²) in [6, 6.07) is 16.2. The van der Waals surface area contributed by atoms with Crippen molar-refractivity contribution in [2.45, 2.75) is 9.79 Å². The maximum absolute atomic E-state index is 8.62. The van der Waals surface area contributed by atoms with Gasteiger partial charge in [-0.25, -0.2) is 0 Å². The number of hydrogen-bond donors (Lipinski definition) is 1. The average Bonchev–Trinajstić information content (AvgIpc) is 2.68. The van der Waals surface area contributed by atoms with E-state index in [0.717, 1.165) is 5.69 Å². The molecule has 0 heterocycles. The number of nitrogens with zero attached hydrogens (tertiary/aromatic N) is 3. The van der Waals surface area contributed by atoms with Crippen LogP contribution < -0.4 is 10.2 Å². The van der Waals surface area contributed by atoms with E-state index in [9.17, 15) is 0 Å². The largest absolute Gasteiger partial charge is 0.388 e. The third kappa shape index (κ3) is 9.93. The monoisotopic (exact) mass is 436 g/mol. The van der Waals surface area contributed by atoms with Crippen LogP contribution in [0.4, 0.5) is 11.4 Å². The minimum Gasteiger partial charge on any atom is -0.388 e. The highest BCUT2D eigenvalue weighted by Crippen LogP contribution is 2.20.